The lowest BCUT2D eigenvalue weighted by Gasteiger charge is -2.36. The number of halogens is 1. The maximum atomic E-state index is 14.2. The number of fused-ring (bicyclic) bond motifs is 2. The maximum Gasteiger partial charge on any atom is 0.296 e. The van der Waals surface area contributed by atoms with Crippen LogP contribution in [0.5, 0.6) is 0 Å². The quantitative estimate of drug-likeness (QED) is 0.389. The van der Waals surface area contributed by atoms with Crippen LogP contribution in [0.1, 0.15) is 18.1 Å². The van der Waals surface area contributed by atoms with E-state index in [1.807, 2.05) is 13.0 Å². The zero-order chi connectivity index (χ0) is 24.7. The number of carbonyl (C=O) groups is 3. The van der Waals surface area contributed by atoms with Crippen LogP contribution in [0.15, 0.2) is 54.1 Å². The van der Waals surface area contributed by atoms with E-state index in [-0.39, 0.29) is 12.1 Å². The summed E-state index contributed by atoms with van der Waals surface area (Å²) in [7, 11) is 0. The molecule has 1 atom stereocenters. The highest BCUT2D eigenvalue weighted by Crippen LogP contribution is 2.53. The first kappa shape index (κ1) is 23.5. The van der Waals surface area contributed by atoms with Crippen molar-refractivity contribution in [1.82, 2.24) is 9.80 Å². The van der Waals surface area contributed by atoms with Crippen molar-refractivity contribution in [2.24, 2.45) is 0 Å². The van der Waals surface area contributed by atoms with Crippen LogP contribution < -0.4 is 4.90 Å². The highest BCUT2D eigenvalue weighted by Gasteiger charge is 2.66. The van der Waals surface area contributed by atoms with Crippen molar-refractivity contribution in [2.75, 3.05) is 50.8 Å². The minimum Gasteiger partial charge on any atom is -0.507 e. The molecule has 1 spiro atoms. The minimum absolute atomic E-state index is 0.152. The first-order chi connectivity index (χ1) is 16.9. The molecule has 0 aliphatic carbocycles. The zero-order valence-corrected chi connectivity index (χ0v) is 20.1. The van der Waals surface area contributed by atoms with E-state index < -0.39 is 28.9 Å². The molecule has 1 unspecified atom stereocenters. The van der Waals surface area contributed by atoms with Gasteiger partial charge in [0.2, 0.25) is 0 Å². The number of Topliss-reactive ketones (excluding diaryl/α,β-unsaturated/α-hetero) is 1. The fourth-order valence-corrected chi connectivity index (χ4v) is 5.42. The molecule has 2 amide bonds. The van der Waals surface area contributed by atoms with Crippen LogP contribution in [-0.4, -0.2) is 78.4 Å². The summed E-state index contributed by atoms with van der Waals surface area (Å²) in [5.74, 6) is -2.48. The number of benzene rings is 2. The Morgan fingerprint density at radius 1 is 1.03 bits per heavy atom. The third-order valence-electron chi connectivity index (χ3n) is 6.99. The van der Waals surface area contributed by atoms with Crippen molar-refractivity contribution in [1.29, 1.82) is 0 Å². The number of ether oxygens (including phenoxy) is 1. The Kier molecular flexibility index (Phi) is 6.13. The van der Waals surface area contributed by atoms with Crippen molar-refractivity contribution in [3.63, 3.8) is 0 Å². The lowest BCUT2D eigenvalue weighted by molar-refractivity contribution is -0.144. The molecular weight excluding hydrogens is 470 g/mol. The number of ketones is 1. The largest absolute Gasteiger partial charge is 0.507 e. The van der Waals surface area contributed by atoms with Gasteiger partial charge in [-0.15, -0.1) is 0 Å². The Bertz CT molecular complexity index is 1220. The number of nitrogens with zero attached hydrogens (tertiary/aromatic N) is 3. The summed E-state index contributed by atoms with van der Waals surface area (Å²) >= 11 is 6.01. The average molecular weight is 496 g/mol. The van der Waals surface area contributed by atoms with E-state index in [9.17, 15) is 19.5 Å². The Hall–Kier alpha value is -3.20. The number of hydrogen-bond acceptors (Lipinski definition) is 6. The number of amides is 2. The molecule has 9 heteroatoms. The fraction of sp³-hybridized carbons (Fsp3) is 0.346. The second-order valence-electron chi connectivity index (χ2n) is 8.75. The van der Waals surface area contributed by atoms with Gasteiger partial charge in [0.25, 0.3) is 17.6 Å². The highest BCUT2D eigenvalue weighted by molar-refractivity contribution is 6.50. The summed E-state index contributed by atoms with van der Waals surface area (Å²) in [6.45, 7) is 5.40. The highest BCUT2D eigenvalue weighted by atomic mass is 35.5. The number of likely N-dealkylation sites (tertiary alicyclic amines) is 1. The molecule has 2 fully saturated rings. The molecule has 2 aromatic rings. The Morgan fingerprint density at radius 2 is 1.71 bits per heavy atom. The first-order valence-electron chi connectivity index (χ1n) is 11.7. The molecule has 3 aliphatic rings. The number of likely N-dealkylation sites (N-methyl/N-ethyl adjacent to an activating group) is 1. The molecule has 2 saturated heterocycles. The van der Waals surface area contributed by atoms with E-state index in [0.29, 0.717) is 61.2 Å². The molecule has 5 rings (SSSR count). The average Bonchev–Trinajstić information content (AvgIpc) is 3.26. The van der Waals surface area contributed by atoms with E-state index in [2.05, 4.69) is 4.90 Å². The fourth-order valence-electron chi connectivity index (χ4n) is 5.30. The van der Waals surface area contributed by atoms with Gasteiger partial charge in [-0.2, -0.15) is 0 Å². The lowest BCUT2D eigenvalue weighted by atomic mass is 9.82. The van der Waals surface area contributed by atoms with Gasteiger partial charge in [0.15, 0.2) is 5.54 Å². The van der Waals surface area contributed by atoms with Gasteiger partial charge in [-0.05, 0) is 37.3 Å². The summed E-state index contributed by atoms with van der Waals surface area (Å²) in [5, 5.41) is 11.9. The van der Waals surface area contributed by atoms with Crippen LogP contribution in [-0.2, 0) is 24.7 Å². The summed E-state index contributed by atoms with van der Waals surface area (Å²) in [6.07, 6.45) is 0. The Balaban J connectivity index is 1.70. The second-order valence-corrected chi connectivity index (χ2v) is 9.18. The van der Waals surface area contributed by atoms with Crippen LogP contribution in [0.3, 0.4) is 0 Å². The molecule has 3 aliphatic heterocycles. The molecule has 1 N–H and O–H groups in total. The molecule has 0 saturated carbocycles. The van der Waals surface area contributed by atoms with Gasteiger partial charge in [-0.3, -0.25) is 19.3 Å². The molecule has 2 aromatic carbocycles. The predicted octanol–water partition coefficient (Wildman–Crippen LogP) is 2.61. The van der Waals surface area contributed by atoms with Crippen molar-refractivity contribution >= 4 is 40.6 Å². The molecule has 182 valence electrons. The Labute approximate surface area is 208 Å². The molecule has 8 nitrogen and oxygen atoms in total. The molecule has 35 heavy (non-hydrogen) atoms. The molecule has 0 bridgehead atoms. The zero-order valence-electron chi connectivity index (χ0n) is 19.4. The van der Waals surface area contributed by atoms with Crippen molar-refractivity contribution < 1.29 is 24.2 Å². The van der Waals surface area contributed by atoms with Crippen molar-refractivity contribution in [3.8, 4) is 0 Å². The van der Waals surface area contributed by atoms with Gasteiger partial charge in [0.05, 0.1) is 24.5 Å². The van der Waals surface area contributed by atoms with Gasteiger partial charge in [0, 0.05) is 48.9 Å². The van der Waals surface area contributed by atoms with Crippen LogP contribution in [0, 0.1) is 0 Å². The third-order valence-corrected chi connectivity index (χ3v) is 7.24. The SMILES string of the molecule is CCN1C(=O)C2(/C(=C(\O)c3ccc(Cl)cc3)C(=O)C(=O)N2CCN2CCOCC2)c2ccccc21. The van der Waals surface area contributed by atoms with E-state index in [4.69, 9.17) is 16.3 Å². The maximum absolute atomic E-state index is 14.2. The number of carbonyl (C=O) groups excluding carboxylic acids is 3. The van der Waals surface area contributed by atoms with Crippen molar-refractivity contribution in [2.45, 2.75) is 12.5 Å². The van der Waals surface area contributed by atoms with E-state index in [1.165, 1.54) is 4.90 Å². The summed E-state index contributed by atoms with van der Waals surface area (Å²) < 4.78 is 5.41. The first-order valence-corrected chi connectivity index (χ1v) is 12.1. The van der Waals surface area contributed by atoms with Gasteiger partial charge in [-0.25, -0.2) is 0 Å². The number of hydrogen-bond donors (Lipinski definition) is 1. The molecule has 0 aromatic heterocycles. The summed E-state index contributed by atoms with van der Waals surface area (Å²) in [4.78, 5) is 46.2. The molecule has 0 radical (unpaired) electrons. The minimum atomic E-state index is -1.74. The van der Waals surface area contributed by atoms with E-state index in [0.717, 1.165) is 0 Å². The standard InChI is InChI=1S/C26H26ClN3O5/c1-2-29-20-6-4-3-5-19(20)26(25(29)34)21(22(31)17-7-9-18(27)10-8-17)23(32)24(33)30(26)12-11-28-13-15-35-16-14-28/h3-10,31H,2,11-16H2,1H3/b22-21-. The Morgan fingerprint density at radius 3 is 2.40 bits per heavy atom. The van der Waals surface area contributed by atoms with Gasteiger partial charge >= 0.3 is 0 Å². The molecule has 3 heterocycles. The van der Waals surface area contributed by atoms with Crippen LogP contribution in [0.25, 0.3) is 5.76 Å². The summed E-state index contributed by atoms with van der Waals surface area (Å²) in [6, 6.07) is 13.4. The lowest BCUT2D eigenvalue weighted by Crippen LogP contribution is -2.54. The van der Waals surface area contributed by atoms with Crippen LogP contribution >= 0.6 is 11.6 Å². The monoisotopic (exact) mass is 495 g/mol. The topological polar surface area (TPSA) is 90.4 Å². The smallest absolute Gasteiger partial charge is 0.296 e. The van der Waals surface area contributed by atoms with Crippen LogP contribution in [0.4, 0.5) is 5.69 Å². The predicted molar refractivity (Wildman–Crippen MR) is 131 cm³/mol. The number of aliphatic hydroxyl groups is 1. The number of aliphatic hydroxyl groups excluding tert-OH is 1. The van der Waals surface area contributed by atoms with Gasteiger partial charge < -0.3 is 19.6 Å². The number of para-hydroxylation sites is 1. The van der Waals surface area contributed by atoms with Gasteiger partial charge in [0.1, 0.15) is 5.76 Å². The second kappa shape index (κ2) is 9.11. The number of rotatable bonds is 5. The van der Waals surface area contributed by atoms with E-state index >= 15 is 0 Å². The van der Waals surface area contributed by atoms with Gasteiger partial charge in [-0.1, -0.05) is 29.8 Å². The number of morpholine rings is 1. The van der Waals surface area contributed by atoms with E-state index in [1.54, 1.807) is 47.4 Å². The normalized spacial score (nSPS) is 24.0. The summed E-state index contributed by atoms with van der Waals surface area (Å²) in [5.41, 5.74) is -0.499. The molecular formula is C26H26ClN3O5. The van der Waals surface area contributed by atoms with Crippen LogP contribution in [0.2, 0.25) is 5.02 Å². The number of anilines is 1. The third kappa shape index (κ3) is 3.55. The van der Waals surface area contributed by atoms with Crippen molar-refractivity contribution in [3.05, 3.63) is 70.3 Å².